The highest BCUT2D eigenvalue weighted by atomic mass is 79.9. The van der Waals surface area contributed by atoms with Gasteiger partial charge in [0, 0.05) is 4.47 Å². The molecule has 0 radical (unpaired) electrons. The molecule has 1 heterocycles. The van der Waals surface area contributed by atoms with Crippen molar-refractivity contribution in [1.82, 2.24) is 4.98 Å². The van der Waals surface area contributed by atoms with E-state index in [1.165, 1.54) is 0 Å². The van der Waals surface area contributed by atoms with E-state index in [1.807, 2.05) is 0 Å². The lowest BCUT2D eigenvalue weighted by atomic mass is 10.2. The standard InChI is InChI=1S/C8H5BrF2N2O/c9-4-3-6(14)5(1-2-12)13-7(4)8(10)11/h3,8,14H,1H2. The zero-order chi connectivity index (χ0) is 10.7. The smallest absolute Gasteiger partial charge is 0.281 e. The van der Waals surface area contributed by atoms with Gasteiger partial charge in [-0.1, -0.05) is 0 Å². The molecule has 0 amide bonds. The zero-order valence-corrected chi connectivity index (χ0v) is 8.42. The number of aromatic nitrogens is 1. The Bertz CT molecular complexity index is 390. The van der Waals surface area contributed by atoms with Crippen molar-refractivity contribution in [2.45, 2.75) is 12.8 Å². The van der Waals surface area contributed by atoms with Crippen LogP contribution in [0.5, 0.6) is 5.75 Å². The number of aromatic hydroxyl groups is 1. The molecule has 6 heteroatoms. The van der Waals surface area contributed by atoms with E-state index >= 15 is 0 Å². The van der Waals surface area contributed by atoms with Gasteiger partial charge in [0.25, 0.3) is 6.43 Å². The second-order valence-electron chi connectivity index (χ2n) is 2.46. The summed E-state index contributed by atoms with van der Waals surface area (Å²) in [6, 6.07) is 2.84. The van der Waals surface area contributed by atoms with Crippen LogP contribution in [0.2, 0.25) is 0 Å². The predicted molar refractivity (Wildman–Crippen MR) is 47.9 cm³/mol. The number of rotatable bonds is 2. The van der Waals surface area contributed by atoms with Gasteiger partial charge in [0.1, 0.15) is 11.4 Å². The van der Waals surface area contributed by atoms with Crippen LogP contribution in [0.1, 0.15) is 17.8 Å². The molecule has 0 unspecified atom stereocenters. The number of alkyl halides is 2. The average molecular weight is 263 g/mol. The van der Waals surface area contributed by atoms with Crippen molar-refractivity contribution >= 4 is 15.9 Å². The first kappa shape index (κ1) is 10.9. The maximum Gasteiger partial charge on any atom is 0.281 e. The summed E-state index contributed by atoms with van der Waals surface area (Å²) in [7, 11) is 0. The van der Waals surface area contributed by atoms with Crippen LogP contribution in [-0.2, 0) is 6.42 Å². The molecule has 1 aromatic rings. The van der Waals surface area contributed by atoms with E-state index in [0.717, 1.165) is 6.07 Å². The second kappa shape index (κ2) is 4.33. The summed E-state index contributed by atoms with van der Waals surface area (Å²) in [5, 5.41) is 17.6. The molecule has 14 heavy (non-hydrogen) atoms. The molecule has 0 bridgehead atoms. The van der Waals surface area contributed by atoms with Gasteiger partial charge in [0.05, 0.1) is 18.2 Å². The topological polar surface area (TPSA) is 56.9 Å². The van der Waals surface area contributed by atoms with Gasteiger partial charge in [-0.2, -0.15) is 5.26 Å². The van der Waals surface area contributed by atoms with Crippen molar-refractivity contribution in [2.75, 3.05) is 0 Å². The molecule has 3 nitrogen and oxygen atoms in total. The van der Waals surface area contributed by atoms with E-state index in [2.05, 4.69) is 20.9 Å². The summed E-state index contributed by atoms with van der Waals surface area (Å²) < 4.78 is 24.7. The van der Waals surface area contributed by atoms with Crippen LogP contribution >= 0.6 is 15.9 Å². The largest absolute Gasteiger partial charge is 0.506 e. The van der Waals surface area contributed by atoms with Crippen LogP contribution in [0, 0.1) is 11.3 Å². The lowest BCUT2D eigenvalue weighted by Crippen LogP contribution is -1.97. The summed E-state index contributed by atoms with van der Waals surface area (Å²) >= 11 is 2.85. The third-order valence-electron chi connectivity index (χ3n) is 1.51. The van der Waals surface area contributed by atoms with Gasteiger partial charge in [0.15, 0.2) is 0 Å². The van der Waals surface area contributed by atoms with E-state index < -0.39 is 12.1 Å². The van der Waals surface area contributed by atoms with Crippen molar-refractivity contribution in [1.29, 1.82) is 5.26 Å². The molecular weight excluding hydrogens is 258 g/mol. The highest BCUT2D eigenvalue weighted by molar-refractivity contribution is 9.10. The summed E-state index contributed by atoms with van der Waals surface area (Å²) in [5.74, 6) is -0.261. The first-order chi connectivity index (χ1) is 6.56. The maximum atomic E-state index is 12.3. The number of pyridine rings is 1. The van der Waals surface area contributed by atoms with Gasteiger partial charge in [-0.05, 0) is 22.0 Å². The maximum absolute atomic E-state index is 12.3. The minimum atomic E-state index is -2.73. The van der Waals surface area contributed by atoms with Gasteiger partial charge < -0.3 is 5.11 Å². The first-order valence-electron chi connectivity index (χ1n) is 3.59. The van der Waals surface area contributed by atoms with E-state index in [9.17, 15) is 13.9 Å². The van der Waals surface area contributed by atoms with Crippen molar-refractivity contribution in [3.05, 3.63) is 21.9 Å². The van der Waals surface area contributed by atoms with Crippen LogP contribution < -0.4 is 0 Å². The molecule has 0 fully saturated rings. The fourth-order valence-electron chi connectivity index (χ4n) is 0.891. The van der Waals surface area contributed by atoms with E-state index in [1.54, 1.807) is 6.07 Å². The lowest BCUT2D eigenvalue weighted by Gasteiger charge is -2.05. The average Bonchev–Trinajstić information content (AvgIpc) is 2.09. The highest BCUT2D eigenvalue weighted by Crippen LogP contribution is 2.30. The minimum Gasteiger partial charge on any atom is -0.506 e. The Morgan fingerprint density at radius 3 is 2.79 bits per heavy atom. The summed E-state index contributed by atoms with van der Waals surface area (Å²) in [4.78, 5) is 3.49. The molecule has 74 valence electrons. The van der Waals surface area contributed by atoms with Crippen molar-refractivity contribution in [3.8, 4) is 11.8 Å². The van der Waals surface area contributed by atoms with Crippen LogP contribution in [0.25, 0.3) is 0 Å². The molecule has 0 atom stereocenters. The fraction of sp³-hybridized carbons (Fsp3) is 0.250. The second-order valence-corrected chi connectivity index (χ2v) is 3.31. The molecule has 0 aliphatic rings. The Labute approximate surface area is 87.1 Å². The SMILES string of the molecule is N#CCc1nc(C(F)F)c(Br)cc1O. The van der Waals surface area contributed by atoms with Gasteiger partial charge in [-0.15, -0.1) is 0 Å². The van der Waals surface area contributed by atoms with Gasteiger partial charge in [-0.3, -0.25) is 0 Å². The molecule has 1 rings (SSSR count). The third kappa shape index (κ3) is 2.17. The van der Waals surface area contributed by atoms with E-state index in [4.69, 9.17) is 5.26 Å². The van der Waals surface area contributed by atoms with Crippen molar-refractivity contribution < 1.29 is 13.9 Å². The van der Waals surface area contributed by atoms with Crippen LogP contribution in [0.4, 0.5) is 8.78 Å². The number of hydrogen-bond donors (Lipinski definition) is 1. The molecule has 1 N–H and O–H groups in total. The van der Waals surface area contributed by atoms with Crippen LogP contribution in [-0.4, -0.2) is 10.1 Å². The van der Waals surface area contributed by atoms with Crippen LogP contribution in [0.3, 0.4) is 0 Å². The number of nitriles is 1. The minimum absolute atomic E-state index is 0.0340. The van der Waals surface area contributed by atoms with Gasteiger partial charge in [-0.25, -0.2) is 13.8 Å². The molecule has 0 saturated carbocycles. The molecule has 0 aromatic carbocycles. The quantitative estimate of drug-likeness (QED) is 0.891. The molecular formula is C8H5BrF2N2O. The Hall–Kier alpha value is -1.22. The Morgan fingerprint density at radius 1 is 1.64 bits per heavy atom. The number of nitrogens with zero attached hydrogens (tertiary/aromatic N) is 2. The highest BCUT2D eigenvalue weighted by Gasteiger charge is 2.16. The normalized spacial score (nSPS) is 10.2. The monoisotopic (exact) mass is 262 g/mol. The van der Waals surface area contributed by atoms with E-state index in [0.29, 0.717) is 0 Å². The Balaban J connectivity index is 3.21. The Kier molecular flexibility index (Phi) is 3.36. The van der Waals surface area contributed by atoms with Gasteiger partial charge in [0.2, 0.25) is 0 Å². The summed E-state index contributed by atoms with van der Waals surface area (Å²) in [6.07, 6.45) is -2.93. The number of hydrogen-bond acceptors (Lipinski definition) is 3. The Morgan fingerprint density at radius 2 is 2.29 bits per heavy atom. The molecule has 0 spiro atoms. The third-order valence-corrected chi connectivity index (χ3v) is 2.15. The molecule has 0 saturated heterocycles. The first-order valence-corrected chi connectivity index (χ1v) is 4.39. The van der Waals surface area contributed by atoms with Crippen LogP contribution in [0.15, 0.2) is 10.5 Å². The molecule has 0 aliphatic carbocycles. The molecule has 0 aliphatic heterocycles. The summed E-state index contributed by atoms with van der Waals surface area (Å²) in [5.41, 5.74) is -0.501. The fourth-order valence-corrected chi connectivity index (χ4v) is 1.37. The molecule has 1 aromatic heterocycles. The number of halogens is 3. The lowest BCUT2D eigenvalue weighted by molar-refractivity contribution is 0.144. The predicted octanol–water partition coefficient (Wildman–Crippen LogP) is 2.55. The van der Waals surface area contributed by atoms with Crippen molar-refractivity contribution in [3.63, 3.8) is 0 Å². The summed E-state index contributed by atoms with van der Waals surface area (Å²) in [6.45, 7) is 0. The zero-order valence-electron chi connectivity index (χ0n) is 6.84. The van der Waals surface area contributed by atoms with Crippen molar-refractivity contribution in [2.24, 2.45) is 0 Å². The van der Waals surface area contributed by atoms with E-state index in [-0.39, 0.29) is 22.3 Å². The van der Waals surface area contributed by atoms with Gasteiger partial charge >= 0.3 is 0 Å².